The Morgan fingerprint density at radius 1 is 1.15 bits per heavy atom. The van der Waals surface area contributed by atoms with E-state index in [0.717, 1.165) is 76.6 Å². The molecule has 0 radical (unpaired) electrons. The normalized spacial score (nSPS) is 17.5. The Morgan fingerprint density at radius 3 is 2.68 bits per heavy atom. The lowest BCUT2D eigenvalue weighted by atomic mass is 9.90. The Bertz CT molecular complexity index is 927. The molecule has 0 unspecified atom stereocenters. The Kier molecular flexibility index (Phi) is 8.65. The van der Waals surface area contributed by atoms with Gasteiger partial charge in [0.2, 0.25) is 11.9 Å². The zero-order valence-corrected chi connectivity index (χ0v) is 20.4. The Labute approximate surface area is 202 Å². The summed E-state index contributed by atoms with van der Waals surface area (Å²) >= 11 is 0. The van der Waals surface area contributed by atoms with Crippen LogP contribution in [0.5, 0.6) is 0 Å². The first kappa shape index (κ1) is 24.3. The summed E-state index contributed by atoms with van der Waals surface area (Å²) in [4.78, 5) is 31.7. The third kappa shape index (κ3) is 7.11. The van der Waals surface area contributed by atoms with Crippen LogP contribution in [-0.4, -0.2) is 85.3 Å². The molecule has 4 rings (SSSR count). The summed E-state index contributed by atoms with van der Waals surface area (Å²) in [7, 11) is 2.08. The van der Waals surface area contributed by atoms with E-state index >= 15 is 0 Å². The van der Waals surface area contributed by atoms with Crippen molar-refractivity contribution in [3.8, 4) is 0 Å². The van der Waals surface area contributed by atoms with E-state index in [1.54, 1.807) is 6.20 Å². The minimum atomic E-state index is -0.0842. The molecule has 1 N–H and O–H groups in total. The predicted molar refractivity (Wildman–Crippen MR) is 134 cm³/mol. The van der Waals surface area contributed by atoms with Gasteiger partial charge in [0.1, 0.15) is 11.6 Å². The van der Waals surface area contributed by atoms with Gasteiger partial charge in [0.25, 0.3) is 0 Å². The monoisotopic (exact) mass is 467 g/mol. The van der Waals surface area contributed by atoms with Crippen molar-refractivity contribution in [1.29, 1.82) is 0 Å². The number of pyridine rings is 1. The molecule has 0 atom stereocenters. The van der Waals surface area contributed by atoms with E-state index in [0.29, 0.717) is 5.82 Å². The predicted octanol–water partition coefficient (Wildman–Crippen LogP) is 2.45. The Balaban J connectivity index is 1.18. The lowest BCUT2D eigenvalue weighted by molar-refractivity contribution is -0.114. The van der Waals surface area contributed by atoms with Gasteiger partial charge in [-0.15, -0.1) is 0 Å². The number of carbonyl (C=O) groups excluding carboxylic acids is 1. The molecule has 2 fully saturated rings. The third-order valence-corrected chi connectivity index (χ3v) is 6.73. The number of piperidine rings is 1. The minimum absolute atomic E-state index is 0.0842. The van der Waals surface area contributed by atoms with Gasteiger partial charge in [-0.3, -0.25) is 4.79 Å². The first-order valence-electron chi connectivity index (χ1n) is 12.4. The minimum Gasteiger partial charge on any atom is -0.378 e. The van der Waals surface area contributed by atoms with Gasteiger partial charge in [0, 0.05) is 52.5 Å². The lowest BCUT2D eigenvalue weighted by Gasteiger charge is -2.33. The maximum atomic E-state index is 11.2. The zero-order valence-electron chi connectivity index (χ0n) is 20.4. The van der Waals surface area contributed by atoms with Gasteiger partial charge in [-0.2, -0.15) is 4.98 Å². The summed E-state index contributed by atoms with van der Waals surface area (Å²) in [6.07, 6.45) is 8.31. The number of carbonyl (C=O) groups is 1. The molecule has 4 heterocycles. The van der Waals surface area contributed by atoms with Crippen LogP contribution < -0.4 is 15.1 Å². The van der Waals surface area contributed by atoms with Crippen LogP contribution in [0.4, 0.5) is 17.6 Å². The average Bonchev–Trinajstić information content (AvgIpc) is 2.87. The SMILES string of the molecule is CC(=O)Nc1cc(CCC2CCN(CCN(C)c3nccc(N4CCOCC4)n3)CC2)ccn1. The van der Waals surface area contributed by atoms with Crippen molar-refractivity contribution < 1.29 is 9.53 Å². The van der Waals surface area contributed by atoms with Crippen LogP contribution in [0, 0.1) is 5.92 Å². The second-order valence-electron chi connectivity index (χ2n) is 9.29. The van der Waals surface area contributed by atoms with Gasteiger partial charge in [-0.05, 0) is 68.5 Å². The molecule has 2 aliphatic rings. The number of nitrogens with zero attached hydrogens (tertiary/aromatic N) is 6. The van der Waals surface area contributed by atoms with Crippen molar-refractivity contribution in [1.82, 2.24) is 19.9 Å². The molecule has 9 nitrogen and oxygen atoms in total. The second kappa shape index (κ2) is 12.1. The largest absolute Gasteiger partial charge is 0.378 e. The molecule has 34 heavy (non-hydrogen) atoms. The molecule has 2 saturated heterocycles. The van der Waals surface area contributed by atoms with E-state index in [1.807, 2.05) is 24.4 Å². The summed E-state index contributed by atoms with van der Waals surface area (Å²) in [6.45, 7) is 9.01. The topological polar surface area (TPSA) is 86.7 Å². The standard InChI is InChI=1S/C25H37N7O2/c1-20(33)28-23-19-22(5-9-26-23)4-3-21-7-11-31(12-8-21)14-13-30(2)25-27-10-6-24(29-25)32-15-17-34-18-16-32/h5-6,9-10,19,21H,3-4,7-8,11-18H2,1-2H3,(H,26,28,33). The number of hydrogen-bond acceptors (Lipinski definition) is 8. The number of ether oxygens (including phenoxy) is 1. The zero-order chi connectivity index (χ0) is 23.8. The number of likely N-dealkylation sites (tertiary alicyclic amines) is 1. The van der Waals surface area contributed by atoms with E-state index in [9.17, 15) is 4.79 Å². The Hall–Kier alpha value is -2.78. The summed E-state index contributed by atoms with van der Waals surface area (Å²) in [5, 5.41) is 2.77. The number of likely N-dealkylation sites (N-methyl/N-ethyl adjacent to an activating group) is 1. The summed E-state index contributed by atoms with van der Waals surface area (Å²) in [6, 6.07) is 6.02. The maximum Gasteiger partial charge on any atom is 0.227 e. The highest BCUT2D eigenvalue weighted by Gasteiger charge is 2.20. The van der Waals surface area contributed by atoms with E-state index in [-0.39, 0.29) is 5.91 Å². The second-order valence-corrected chi connectivity index (χ2v) is 9.29. The summed E-state index contributed by atoms with van der Waals surface area (Å²) in [5.41, 5.74) is 1.24. The number of anilines is 3. The highest BCUT2D eigenvalue weighted by Crippen LogP contribution is 2.23. The molecule has 0 spiro atoms. The number of aryl methyl sites for hydroxylation is 1. The van der Waals surface area contributed by atoms with Crippen LogP contribution in [0.1, 0.15) is 31.7 Å². The smallest absolute Gasteiger partial charge is 0.227 e. The van der Waals surface area contributed by atoms with E-state index in [1.165, 1.54) is 31.7 Å². The van der Waals surface area contributed by atoms with E-state index < -0.39 is 0 Å². The number of aromatic nitrogens is 3. The number of morpholine rings is 1. The molecule has 0 saturated carbocycles. The Morgan fingerprint density at radius 2 is 1.91 bits per heavy atom. The molecule has 2 aromatic rings. The highest BCUT2D eigenvalue weighted by atomic mass is 16.5. The molecule has 9 heteroatoms. The van der Waals surface area contributed by atoms with Crippen molar-refractivity contribution in [3.05, 3.63) is 36.2 Å². The van der Waals surface area contributed by atoms with Crippen LogP contribution in [0.2, 0.25) is 0 Å². The lowest BCUT2D eigenvalue weighted by Crippen LogP contribution is -2.39. The van der Waals surface area contributed by atoms with Gasteiger partial charge in [-0.1, -0.05) is 0 Å². The van der Waals surface area contributed by atoms with Gasteiger partial charge >= 0.3 is 0 Å². The number of amides is 1. The average molecular weight is 468 g/mol. The molecule has 0 aliphatic carbocycles. The molecular weight excluding hydrogens is 430 g/mol. The highest BCUT2D eigenvalue weighted by molar-refractivity contribution is 5.87. The van der Waals surface area contributed by atoms with Crippen molar-refractivity contribution >= 4 is 23.5 Å². The molecule has 0 bridgehead atoms. The molecule has 184 valence electrons. The molecule has 1 amide bonds. The van der Waals surface area contributed by atoms with Gasteiger partial charge in [0.15, 0.2) is 0 Å². The van der Waals surface area contributed by atoms with E-state index in [4.69, 9.17) is 9.72 Å². The van der Waals surface area contributed by atoms with Crippen LogP contribution >= 0.6 is 0 Å². The molecule has 2 aliphatic heterocycles. The van der Waals surface area contributed by atoms with Crippen molar-refractivity contribution in [2.45, 2.75) is 32.6 Å². The van der Waals surface area contributed by atoms with E-state index in [2.05, 4.69) is 37.0 Å². The van der Waals surface area contributed by atoms with Crippen molar-refractivity contribution in [3.63, 3.8) is 0 Å². The first-order chi connectivity index (χ1) is 16.6. The molecular formula is C25H37N7O2. The van der Waals surface area contributed by atoms with Crippen LogP contribution in [0.25, 0.3) is 0 Å². The van der Waals surface area contributed by atoms with Crippen LogP contribution in [0.15, 0.2) is 30.6 Å². The van der Waals surface area contributed by atoms with Crippen molar-refractivity contribution in [2.75, 3.05) is 74.6 Å². The third-order valence-electron chi connectivity index (χ3n) is 6.73. The maximum absolute atomic E-state index is 11.2. The number of nitrogens with one attached hydrogen (secondary N) is 1. The number of hydrogen-bond donors (Lipinski definition) is 1. The van der Waals surface area contributed by atoms with Gasteiger partial charge < -0.3 is 24.8 Å². The summed E-state index contributed by atoms with van der Waals surface area (Å²) in [5.74, 6) is 3.08. The van der Waals surface area contributed by atoms with Gasteiger partial charge in [-0.25, -0.2) is 9.97 Å². The number of rotatable bonds is 9. The first-order valence-corrected chi connectivity index (χ1v) is 12.4. The fourth-order valence-electron chi connectivity index (χ4n) is 4.63. The molecule has 0 aromatic carbocycles. The van der Waals surface area contributed by atoms with Crippen LogP contribution in [0.3, 0.4) is 0 Å². The fraction of sp³-hybridized carbons (Fsp3) is 0.600. The fourth-order valence-corrected chi connectivity index (χ4v) is 4.63. The van der Waals surface area contributed by atoms with Gasteiger partial charge in [0.05, 0.1) is 13.2 Å². The quantitative estimate of drug-likeness (QED) is 0.602. The molecule has 2 aromatic heterocycles. The van der Waals surface area contributed by atoms with Crippen molar-refractivity contribution in [2.24, 2.45) is 5.92 Å². The van der Waals surface area contributed by atoms with Crippen LogP contribution in [-0.2, 0) is 16.0 Å². The summed E-state index contributed by atoms with van der Waals surface area (Å²) < 4.78 is 5.45.